The third-order valence-electron chi connectivity index (χ3n) is 14.9. The van der Waals surface area contributed by atoms with Crippen molar-refractivity contribution in [2.24, 2.45) is 15.9 Å². The molecule has 0 bridgehead atoms. The van der Waals surface area contributed by atoms with Gasteiger partial charge in [0.25, 0.3) is 0 Å². The quantitative estimate of drug-likeness (QED) is 0.164. The largest absolute Gasteiger partial charge is 0.455 e. The molecule has 0 saturated carbocycles. The smallest absolute Gasteiger partial charge is 0.159 e. The summed E-state index contributed by atoms with van der Waals surface area (Å²) in [5.41, 5.74) is 12.7. The van der Waals surface area contributed by atoms with Gasteiger partial charge in [0.05, 0.1) is 39.4 Å². The van der Waals surface area contributed by atoms with Crippen LogP contribution in [-0.2, 0) is 0 Å². The molecular weight excluding hydrogens is 873 g/mol. The first-order valence-electron chi connectivity index (χ1n) is 24.2. The zero-order valence-electron chi connectivity index (χ0n) is 38.2. The highest BCUT2D eigenvalue weighted by Gasteiger charge is 2.36. The molecule has 0 amide bonds. The maximum atomic E-state index is 7.01. The zero-order chi connectivity index (χ0) is 46.0. The van der Waals surface area contributed by atoms with E-state index < -0.39 is 0 Å². The summed E-state index contributed by atoms with van der Waals surface area (Å²) < 4.78 is 14.4. The van der Waals surface area contributed by atoms with E-state index in [1.807, 2.05) is 11.3 Å². The lowest BCUT2D eigenvalue weighted by Gasteiger charge is -2.31. The lowest BCUT2D eigenvalue weighted by Crippen LogP contribution is -2.28. The predicted molar refractivity (Wildman–Crippen MR) is 295 cm³/mol. The molecule has 2 atom stereocenters. The number of nitrogens with zero attached hydrogens (tertiary/aromatic N) is 4. The van der Waals surface area contributed by atoms with Gasteiger partial charge in [-0.25, -0.2) is 4.99 Å². The first-order chi connectivity index (χ1) is 34.7. The topological polar surface area (TPSA) is 47.7 Å². The van der Waals surface area contributed by atoms with E-state index in [4.69, 9.17) is 14.4 Å². The van der Waals surface area contributed by atoms with Crippen molar-refractivity contribution >= 4 is 119 Å². The van der Waals surface area contributed by atoms with E-state index in [0.717, 1.165) is 73.1 Å². The summed E-state index contributed by atoms with van der Waals surface area (Å²) in [5, 5.41) is 11.9. The highest BCUT2D eigenvalue weighted by Crippen LogP contribution is 2.47. The molecule has 2 unspecified atom stereocenters. The number of furan rings is 1. The van der Waals surface area contributed by atoms with E-state index in [0.29, 0.717) is 5.84 Å². The molecule has 6 heteroatoms. The molecule has 330 valence electrons. The summed E-state index contributed by atoms with van der Waals surface area (Å²) in [6.45, 7) is 2.30. The highest BCUT2D eigenvalue weighted by molar-refractivity contribution is 7.25. The Morgan fingerprint density at radius 3 is 1.97 bits per heavy atom. The second kappa shape index (κ2) is 15.2. The van der Waals surface area contributed by atoms with Crippen LogP contribution < -0.4 is 0 Å². The van der Waals surface area contributed by atoms with Gasteiger partial charge >= 0.3 is 0 Å². The molecule has 10 aromatic carbocycles. The molecule has 1 aliphatic heterocycles. The van der Waals surface area contributed by atoms with E-state index in [9.17, 15) is 0 Å². The fourth-order valence-corrected chi connectivity index (χ4v) is 13.0. The summed E-state index contributed by atoms with van der Waals surface area (Å²) in [6, 6.07) is 76.8. The molecule has 70 heavy (non-hydrogen) atoms. The van der Waals surface area contributed by atoms with Crippen molar-refractivity contribution in [3.05, 3.63) is 229 Å². The molecule has 4 aromatic heterocycles. The number of amidine groups is 1. The molecule has 0 fully saturated rings. The molecule has 0 saturated heterocycles. The Morgan fingerprint density at radius 1 is 0.471 bits per heavy atom. The van der Waals surface area contributed by atoms with Crippen LogP contribution >= 0.6 is 11.3 Å². The predicted octanol–water partition coefficient (Wildman–Crippen LogP) is 17.3. The van der Waals surface area contributed by atoms with Crippen LogP contribution in [0.3, 0.4) is 0 Å². The second-order valence-electron chi connectivity index (χ2n) is 18.7. The van der Waals surface area contributed by atoms with Crippen LogP contribution in [0.5, 0.6) is 0 Å². The van der Waals surface area contributed by atoms with E-state index in [2.05, 4.69) is 228 Å². The van der Waals surface area contributed by atoms with Crippen LogP contribution in [-0.4, -0.2) is 20.7 Å². The molecule has 0 N–H and O–H groups in total. The van der Waals surface area contributed by atoms with Gasteiger partial charge in [-0.1, -0.05) is 146 Å². The van der Waals surface area contributed by atoms with Gasteiger partial charge in [0.2, 0.25) is 0 Å². The van der Waals surface area contributed by atoms with E-state index in [1.165, 1.54) is 63.6 Å². The molecule has 5 heterocycles. The maximum Gasteiger partial charge on any atom is 0.159 e. The van der Waals surface area contributed by atoms with Crippen molar-refractivity contribution in [3.63, 3.8) is 0 Å². The van der Waals surface area contributed by atoms with Gasteiger partial charge in [-0.15, -0.1) is 11.3 Å². The Balaban J connectivity index is 1.06. The standard InChI is InChI=1S/C64H42N4OS/c1-2-42-61(47-26-16-30-54-59(47)45-24-9-13-29-53(45)67(54)40-20-4-3-5-21-40)65-64(66-62(42)48-27-17-33-58-60(48)46-25-11-15-32-57(46)70-58)51-37-41(36-50-44-23-10-14-31-56(44)69-63(50)51)68-52-28-12-8-22-43(52)49-34-38-18-6-7-19-39(38)35-55(49)68/h3-37,42,61H,2H2,1H3. The van der Waals surface area contributed by atoms with E-state index in [1.54, 1.807) is 0 Å². The number of fused-ring (bicyclic) bond motifs is 13. The fraction of sp³-hybridized carbons (Fsp3) is 0.0625. The number of para-hydroxylation sites is 4. The van der Waals surface area contributed by atoms with Crippen LogP contribution in [0.1, 0.15) is 36.1 Å². The molecule has 14 aromatic rings. The summed E-state index contributed by atoms with van der Waals surface area (Å²) in [6.07, 6.45) is 0.835. The number of hydrogen-bond acceptors (Lipinski definition) is 4. The summed E-state index contributed by atoms with van der Waals surface area (Å²) >= 11 is 1.85. The first-order valence-corrected chi connectivity index (χ1v) is 25.0. The monoisotopic (exact) mass is 914 g/mol. The number of thiophene rings is 1. The first kappa shape index (κ1) is 39.4. The van der Waals surface area contributed by atoms with Crippen molar-refractivity contribution < 1.29 is 4.42 Å². The number of benzene rings is 10. The average Bonchev–Trinajstić information content (AvgIpc) is 4.18. The molecule has 5 nitrogen and oxygen atoms in total. The van der Waals surface area contributed by atoms with Gasteiger partial charge < -0.3 is 13.6 Å². The van der Waals surface area contributed by atoms with Gasteiger partial charge in [-0.3, -0.25) is 4.99 Å². The average molecular weight is 915 g/mol. The zero-order valence-corrected chi connectivity index (χ0v) is 39.0. The van der Waals surface area contributed by atoms with Crippen LogP contribution in [0, 0.1) is 5.92 Å². The van der Waals surface area contributed by atoms with Crippen LogP contribution in [0.4, 0.5) is 0 Å². The molecule has 15 rings (SSSR count). The number of rotatable bonds is 6. The Hall–Kier alpha value is -8.58. The Bertz CT molecular complexity index is 4540. The molecule has 0 radical (unpaired) electrons. The van der Waals surface area contributed by atoms with Crippen molar-refractivity contribution in [2.45, 2.75) is 19.4 Å². The van der Waals surface area contributed by atoms with Crippen molar-refractivity contribution in [1.82, 2.24) is 9.13 Å². The SMILES string of the molecule is CCC1C(c2cccc3sc4ccccc4c23)=NC(c2cc(-n3c4ccccc4c4cc5ccccc5cc43)cc3c2oc2ccccc23)=NC1c1cccc2c1c1ccccc1n2-c1ccccc1. The van der Waals surface area contributed by atoms with Crippen molar-refractivity contribution in [3.8, 4) is 11.4 Å². The highest BCUT2D eigenvalue weighted by atomic mass is 32.1. The minimum Gasteiger partial charge on any atom is -0.455 e. The van der Waals surface area contributed by atoms with Crippen LogP contribution in [0.2, 0.25) is 0 Å². The third-order valence-corrected chi connectivity index (χ3v) is 16.0. The molecule has 1 aliphatic rings. The summed E-state index contributed by atoms with van der Waals surface area (Å²) in [4.78, 5) is 11.9. The van der Waals surface area contributed by atoms with Crippen molar-refractivity contribution in [2.75, 3.05) is 0 Å². The second-order valence-corrected chi connectivity index (χ2v) is 19.7. The normalized spacial score (nSPS) is 15.4. The third kappa shape index (κ3) is 5.71. The van der Waals surface area contributed by atoms with Crippen molar-refractivity contribution in [1.29, 1.82) is 0 Å². The molecule has 0 spiro atoms. The van der Waals surface area contributed by atoms with E-state index >= 15 is 0 Å². The van der Waals surface area contributed by atoms with Crippen LogP contribution in [0.25, 0.3) is 108 Å². The minimum atomic E-state index is -0.283. The summed E-state index contributed by atoms with van der Waals surface area (Å²) in [5.74, 6) is 0.625. The lowest BCUT2D eigenvalue weighted by molar-refractivity contribution is 0.536. The molecular formula is C64H42N4OS. The van der Waals surface area contributed by atoms with Gasteiger partial charge in [0.1, 0.15) is 11.2 Å². The molecule has 0 aliphatic carbocycles. The Labute approximate surface area is 406 Å². The van der Waals surface area contributed by atoms with E-state index in [-0.39, 0.29) is 12.0 Å². The summed E-state index contributed by atoms with van der Waals surface area (Å²) in [7, 11) is 0. The number of hydrogen-bond donors (Lipinski definition) is 0. The fourth-order valence-electron chi connectivity index (χ4n) is 11.9. The van der Waals surface area contributed by atoms with Gasteiger partial charge in [-0.05, 0) is 95.6 Å². The van der Waals surface area contributed by atoms with Gasteiger partial charge in [0.15, 0.2) is 5.84 Å². The number of aromatic nitrogens is 2. The number of aliphatic imine (C=N–C) groups is 2. The van der Waals surface area contributed by atoms with Crippen LogP contribution in [0.15, 0.2) is 227 Å². The van der Waals surface area contributed by atoms with Gasteiger partial charge in [0, 0.05) is 75.3 Å². The lowest BCUT2D eigenvalue weighted by atomic mass is 9.81. The maximum absolute atomic E-state index is 7.01. The Morgan fingerprint density at radius 2 is 1.13 bits per heavy atom. The minimum absolute atomic E-state index is 0.0441. The van der Waals surface area contributed by atoms with Gasteiger partial charge in [-0.2, -0.15) is 0 Å². The Kier molecular flexibility index (Phi) is 8.57.